The zero-order valence-electron chi connectivity index (χ0n) is 25.5. The van der Waals surface area contributed by atoms with Crippen LogP contribution in [0.25, 0.3) is 74.6 Å². The van der Waals surface area contributed by atoms with Crippen LogP contribution in [0.3, 0.4) is 0 Å². The molecule has 0 saturated carbocycles. The molecule has 0 N–H and O–H groups in total. The average Bonchev–Trinajstić information content (AvgIpc) is 3.13. The SMILES string of the molecule is O=c1c2cc(/C=C/c3ccccc3)ccc2n2c3ccc(/C=C/c4ccccc4)cc3c(=O)c3cc(/C=C/c4ccccc4)cc1c32. The molecular weight excluding hydrogens is 574 g/mol. The summed E-state index contributed by atoms with van der Waals surface area (Å²) in [6, 6.07) is 46.0. The zero-order chi connectivity index (χ0) is 31.7. The van der Waals surface area contributed by atoms with Gasteiger partial charge in [0.25, 0.3) is 0 Å². The number of aromatic nitrogens is 1. The molecule has 0 aliphatic heterocycles. The molecule has 3 nitrogen and oxygen atoms in total. The van der Waals surface area contributed by atoms with Gasteiger partial charge in [-0.05, 0) is 69.8 Å². The predicted molar refractivity (Wildman–Crippen MR) is 200 cm³/mol. The van der Waals surface area contributed by atoms with E-state index >= 15 is 0 Å². The van der Waals surface area contributed by atoms with Gasteiger partial charge in [0.05, 0.1) is 16.6 Å². The van der Waals surface area contributed by atoms with Gasteiger partial charge in [-0.15, -0.1) is 0 Å². The van der Waals surface area contributed by atoms with Crippen LogP contribution in [0.4, 0.5) is 0 Å². The van der Waals surface area contributed by atoms with E-state index < -0.39 is 0 Å². The van der Waals surface area contributed by atoms with Crippen LogP contribution in [-0.4, -0.2) is 4.40 Å². The number of benzene rings is 6. The Hall–Kier alpha value is -6.32. The fourth-order valence-corrected chi connectivity index (χ4v) is 6.34. The highest BCUT2D eigenvalue weighted by atomic mass is 16.1. The highest BCUT2D eigenvalue weighted by Crippen LogP contribution is 2.30. The molecule has 0 amide bonds. The molecule has 8 rings (SSSR count). The molecule has 0 fully saturated rings. The second kappa shape index (κ2) is 11.9. The smallest absolute Gasteiger partial charge is 0.197 e. The summed E-state index contributed by atoms with van der Waals surface area (Å²) in [5.74, 6) is 0. The van der Waals surface area contributed by atoms with Crippen molar-refractivity contribution in [3.63, 3.8) is 0 Å². The number of hydrogen-bond acceptors (Lipinski definition) is 2. The number of fused-ring (bicyclic) bond motifs is 4. The molecule has 0 bridgehead atoms. The molecule has 0 aliphatic carbocycles. The molecule has 47 heavy (non-hydrogen) atoms. The molecule has 0 atom stereocenters. The van der Waals surface area contributed by atoms with E-state index in [1.54, 1.807) is 0 Å². The Bertz CT molecular complexity index is 2480. The van der Waals surface area contributed by atoms with E-state index in [0.29, 0.717) is 27.1 Å². The van der Waals surface area contributed by atoms with Gasteiger partial charge >= 0.3 is 0 Å². The molecule has 6 aromatic carbocycles. The summed E-state index contributed by atoms with van der Waals surface area (Å²) in [5, 5.41) is 2.27. The summed E-state index contributed by atoms with van der Waals surface area (Å²) in [6.07, 6.45) is 12.1. The summed E-state index contributed by atoms with van der Waals surface area (Å²) in [5.41, 5.74) is 7.89. The number of rotatable bonds is 6. The van der Waals surface area contributed by atoms with Gasteiger partial charge in [-0.3, -0.25) is 9.59 Å². The molecule has 3 heteroatoms. The third-order valence-electron chi connectivity index (χ3n) is 8.66. The molecular formula is C44H29NO2. The Morgan fingerprint density at radius 1 is 0.340 bits per heavy atom. The van der Waals surface area contributed by atoms with Crippen LogP contribution in [0.5, 0.6) is 0 Å². The predicted octanol–water partition coefficient (Wildman–Crippen LogP) is 10.1. The Kier molecular flexibility index (Phi) is 7.12. The third-order valence-corrected chi connectivity index (χ3v) is 8.66. The van der Waals surface area contributed by atoms with Crippen molar-refractivity contribution in [2.75, 3.05) is 0 Å². The van der Waals surface area contributed by atoms with E-state index in [2.05, 4.69) is 4.40 Å². The molecule has 2 heterocycles. The highest BCUT2D eigenvalue weighted by molar-refractivity contribution is 6.09. The molecule has 0 saturated heterocycles. The molecule has 222 valence electrons. The summed E-state index contributed by atoms with van der Waals surface area (Å²) in [6.45, 7) is 0. The van der Waals surface area contributed by atoms with Gasteiger partial charge in [0.15, 0.2) is 10.9 Å². The first-order valence-corrected chi connectivity index (χ1v) is 15.7. The van der Waals surface area contributed by atoms with E-state index in [1.807, 2.05) is 176 Å². The highest BCUT2D eigenvalue weighted by Gasteiger charge is 2.18. The maximum atomic E-state index is 14.3. The van der Waals surface area contributed by atoms with Gasteiger partial charge in [0, 0.05) is 21.5 Å². The van der Waals surface area contributed by atoms with Crippen molar-refractivity contribution < 1.29 is 0 Å². The van der Waals surface area contributed by atoms with Crippen molar-refractivity contribution in [2.45, 2.75) is 0 Å². The lowest BCUT2D eigenvalue weighted by Gasteiger charge is -2.16. The minimum absolute atomic E-state index is 0.0870. The Balaban J connectivity index is 1.39. The summed E-state index contributed by atoms with van der Waals surface area (Å²) in [4.78, 5) is 28.6. The Morgan fingerprint density at radius 3 is 1.09 bits per heavy atom. The zero-order valence-corrected chi connectivity index (χ0v) is 25.5. The second-order valence-corrected chi connectivity index (χ2v) is 11.7. The normalized spacial score (nSPS) is 12.2. The van der Waals surface area contributed by atoms with Crippen LogP contribution in [0, 0.1) is 0 Å². The fourth-order valence-electron chi connectivity index (χ4n) is 6.34. The maximum absolute atomic E-state index is 14.3. The van der Waals surface area contributed by atoms with Crippen LogP contribution in [-0.2, 0) is 0 Å². The minimum Gasteiger partial charge on any atom is -0.308 e. The molecule has 2 aromatic heterocycles. The van der Waals surface area contributed by atoms with Gasteiger partial charge in [0.1, 0.15) is 0 Å². The monoisotopic (exact) mass is 603 g/mol. The first-order chi connectivity index (χ1) is 23.1. The van der Waals surface area contributed by atoms with Crippen molar-refractivity contribution in [3.05, 3.63) is 193 Å². The van der Waals surface area contributed by atoms with E-state index in [9.17, 15) is 9.59 Å². The number of pyridine rings is 2. The van der Waals surface area contributed by atoms with E-state index in [-0.39, 0.29) is 10.9 Å². The summed E-state index contributed by atoms with van der Waals surface area (Å²) in [7, 11) is 0. The average molecular weight is 604 g/mol. The van der Waals surface area contributed by atoms with Gasteiger partial charge < -0.3 is 4.40 Å². The lowest BCUT2D eigenvalue weighted by Crippen LogP contribution is -2.14. The van der Waals surface area contributed by atoms with Crippen molar-refractivity contribution >= 4 is 74.6 Å². The second-order valence-electron chi connectivity index (χ2n) is 11.7. The van der Waals surface area contributed by atoms with Crippen LogP contribution in [0.2, 0.25) is 0 Å². The molecule has 0 spiro atoms. The van der Waals surface area contributed by atoms with Gasteiger partial charge in [-0.25, -0.2) is 0 Å². The number of nitrogens with zero attached hydrogens (tertiary/aromatic N) is 1. The van der Waals surface area contributed by atoms with Crippen LogP contribution in [0.15, 0.2) is 149 Å². The van der Waals surface area contributed by atoms with E-state index in [0.717, 1.165) is 44.4 Å². The Labute approximate surface area is 271 Å². The third kappa shape index (κ3) is 5.34. The standard InChI is InChI=1S/C44H29NO2/c46-43-36-26-33(19-16-30-10-4-1-5-11-30)22-24-40(36)45-41-25-23-34(20-17-31-12-6-2-7-13-31)27-37(41)44(47)39-29-35(28-38(43)42(39)45)21-18-32-14-8-3-9-15-32/h1-29H/b19-16+,20-17+,21-18+. The molecule has 0 unspecified atom stereocenters. The maximum Gasteiger partial charge on any atom is 0.197 e. The van der Waals surface area contributed by atoms with Crippen molar-refractivity contribution in [1.29, 1.82) is 0 Å². The van der Waals surface area contributed by atoms with Gasteiger partial charge in [-0.2, -0.15) is 0 Å². The van der Waals surface area contributed by atoms with Crippen molar-refractivity contribution in [2.24, 2.45) is 0 Å². The van der Waals surface area contributed by atoms with Gasteiger partial charge in [-0.1, -0.05) is 140 Å². The number of hydrogen-bond donors (Lipinski definition) is 0. The fraction of sp³-hybridized carbons (Fsp3) is 0. The lowest BCUT2D eigenvalue weighted by atomic mass is 9.98. The topological polar surface area (TPSA) is 38.5 Å². The quantitative estimate of drug-likeness (QED) is 0.108. The molecule has 0 aliphatic rings. The Morgan fingerprint density at radius 2 is 0.681 bits per heavy atom. The van der Waals surface area contributed by atoms with Crippen molar-refractivity contribution in [1.82, 2.24) is 4.40 Å². The van der Waals surface area contributed by atoms with E-state index in [4.69, 9.17) is 0 Å². The lowest BCUT2D eigenvalue weighted by molar-refractivity contribution is 1.30. The summed E-state index contributed by atoms with van der Waals surface area (Å²) < 4.78 is 2.10. The molecule has 0 radical (unpaired) electrons. The van der Waals surface area contributed by atoms with Gasteiger partial charge in [0.2, 0.25) is 0 Å². The van der Waals surface area contributed by atoms with Crippen LogP contribution in [0.1, 0.15) is 33.4 Å². The summed E-state index contributed by atoms with van der Waals surface area (Å²) >= 11 is 0. The van der Waals surface area contributed by atoms with Crippen LogP contribution < -0.4 is 10.9 Å². The molecule has 8 aromatic rings. The van der Waals surface area contributed by atoms with Crippen LogP contribution >= 0.6 is 0 Å². The minimum atomic E-state index is -0.0870. The first-order valence-electron chi connectivity index (χ1n) is 15.7. The van der Waals surface area contributed by atoms with E-state index in [1.165, 1.54) is 0 Å². The first kappa shape index (κ1) is 28.2. The van der Waals surface area contributed by atoms with Crippen molar-refractivity contribution in [3.8, 4) is 0 Å². The largest absolute Gasteiger partial charge is 0.308 e.